The second-order valence-electron chi connectivity index (χ2n) is 3.55. The molecule has 1 aliphatic carbocycles. The molecule has 3 N–H and O–H groups in total. The van der Waals surface area contributed by atoms with Gasteiger partial charge in [-0.2, -0.15) is 0 Å². The van der Waals surface area contributed by atoms with Gasteiger partial charge in [-0.05, 0) is 19.8 Å². The summed E-state index contributed by atoms with van der Waals surface area (Å²) in [6.45, 7) is 2.15. The zero-order chi connectivity index (χ0) is 11.3. The number of rotatable bonds is 4. The van der Waals surface area contributed by atoms with Crippen molar-refractivity contribution in [3.05, 3.63) is 0 Å². The maximum absolute atomic E-state index is 11.1. The van der Waals surface area contributed by atoms with Crippen LogP contribution in [-0.4, -0.2) is 30.2 Å². The highest BCUT2D eigenvalue weighted by molar-refractivity contribution is 5.80. The first-order chi connectivity index (χ1) is 7.10. The predicted octanol–water partition coefficient (Wildman–Crippen LogP) is 0.174. The lowest BCUT2D eigenvalue weighted by Crippen LogP contribution is -2.40. The standard InChI is InChI=1S/C10H14N2O3/c1-2-3-6-11-9(15)12-7-10(4-5-10)8(13)14/h4-7H2,1H3,(H,13,14)(H2,11,12,15). The monoisotopic (exact) mass is 210 g/mol. The van der Waals surface area contributed by atoms with Gasteiger partial charge in [0.1, 0.15) is 0 Å². The summed E-state index contributed by atoms with van der Waals surface area (Å²) in [5.74, 6) is 4.48. The third-order valence-electron chi connectivity index (χ3n) is 2.41. The Labute approximate surface area is 88.2 Å². The summed E-state index contributed by atoms with van der Waals surface area (Å²) >= 11 is 0. The van der Waals surface area contributed by atoms with Crippen LogP contribution in [0.25, 0.3) is 0 Å². The van der Waals surface area contributed by atoms with E-state index in [2.05, 4.69) is 22.5 Å². The molecule has 1 saturated carbocycles. The topological polar surface area (TPSA) is 78.4 Å². The number of carbonyl (C=O) groups excluding carboxylic acids is 1. The molecule has 82 valence electrons. The second-order valence-corrected chi connectivity index (χ2v) is 3.55. The van der Waals surface area contributed by atoms with Crippen molar-refractivity contribution < 1.29 is 14.7 Å². The van der Waals surface area contributed by atoms with Crippen LogP contribution in [0.5, 0.6) is 0 Å². The zero-order valence-electron chi connectivity index (χ0n) is 8.59. The van der Waals surface area contributed by atoms with E-state index in [4.69, 9.17) is 5.11 Å². The summed E-state index contributed by atoms with van der Waals surface area (Å²) in [4.78, 5) is 21.9. The highest BCUT2D eigenvalue weighted by atomic mass is 16.4. The van der Waals surface area contributed by atoms with Crippen molar-refractivity contribution in [1.29, 1.82) is 0 Å². The summed E-state index contributed by atoms with van der Waals surface area (Å²) in [7, 11) is 0. The van der Waals surface area contributed by atoms with Gasteiger partial charge in [-0.1, -0.05) is 5.92 Å². The Kier molecular flexibility index (Phi) is 3.56. The molecule has 15 heavy (non-hydrogen) atoms. The number of hydrogen-bond acceptors (Lipinski definition) is 2. The minimum atomic E-state index is -0.837. The van der Waals surface area contributed by atoms with Gasteiger partial charge < -0.3 is 15.7 Å². The zero-order valence-corrected chi connectivity index (χ0v) is 8.59. The molecule has 0 aromatic carbocycles. The minimum Gasteiger partial charge on any atom is -0.481 e. The molecule has 0 atom stereocenters. The molecule has 0 aromatic heterocycles. The minimum absolute atomic E-state index is 0.188. The van der Waals surface area contributed by atoms with Crippen molar-refractivity contribution in [3.8, 4) is 11.8 Å². The van der Waals surface area contributed by atoms with Gasteiger partial charge >= 0.3 is 12.0 Å². The van der Waals surface area contributed by atoms with Crippen molar-refractivity contribution in [3.63, 3.8) is 0 Å². The first-order valence-corrected chi connectivity index (χ1v) is 4.75. The summed E-state index contributed by atoms with van der Waals surface area (Å²) in [6.07, 6.45) is 1.27. The Balaban J connectivity index is 2.22. The van der Waals surface area contributed by atoms with Gasteiger partial charge in [0.2, 0.25) is 0 Å². The Hall–Kier alpha value is -1.70. The Bertz CT molecular complexity index is 323. The van der Waals surface area contributed by atoms with Crippen molar-refractivity contribution in [2.24, 2.45) is 5.41 Å². The number of carboxylic acid groups (broad SMARTS) is 1. The SMILES string of the molecule is CC#CCNC(=O)NCC1(C(=O)O)CC1. The van der Waals surface area contributed by atoms with Crippen molar-refractivity contribution in [1.82, 2.24) is 10.6 Å². The molecule has 5 heteroatoms. The lowest BCUT2D eigenvalue weighted by atomic mass is 10.1. The van der Waals surface area contributed by atoms with Crippen LogP contribution in [0.1, 0.15) is 19.8 Å². The molecule has 0 bridgehead atoms. The number of carboxylic acids is 1. The van der Waals surface area contributed by atoms with Gasteiger partial charge in [0.25, 0.3) is 0 Å². The highest BCUT2D eigenvalue weighted by Gasteiger charge is 2.50. The Morgan fingerprint density at radius 3 is 2.53 bits per heavy atom. The van der Waals surface area contributed by atoms with Crippen LogP contribution in [0.2, 0.25) is 0 Å². The van der Waals surface area contributed by atoms with Crippen molar-refractivity contribution >= 4 is 12.0 Å². The average Bonchev–Trinajstić information content (AvgIpc) is 2.96. The van der Waals surface area contributed by atoms with Gasteiger partial charge in [-0.15, -0.1) is 5.92 Å². The van der Waals surface area contributed by atoms with Crippen molar-refractivity contribution in [2.75, 3.05) is 13.1 Å². The number of carbonyl (C=O) groups is 2. The van der Waals surface area contributed by atoms with Crippen LogP contribution >= 0.6 is 0 Å². The van der Waals surface area contributed by atoms with E-state index < -0.39 is 11.4 Å². The molecule has 5 nitrogen and oxygen atoms in total. The molecule has 1 rings (SSSR count). The number of nitrogens with one attached hydrogen (secondary N) is 2. The predicted molar refractivity (Wildman–Crippen MR) is 54.2 cm³/mol. The van der Waals surface area contributed by atoms with Crippen LogP contribution in [-0.2, 0) is 4.79 Å². The van der Waals surface area contributed by atoms with Crippen LogP contribution in [0.3, 0.4) is 0 Å². The van der Waals surface area contributed by atoms with Crippen LogP contribution in [0, 0.1) is 17.3 Å². The number of hydrogen-bond donors (Lipinski definition) is 3. The van der Waals surface area contributed by atoms with E-state index in [1.165, 1.54) is 0 Å². The van der Waals surface area contributed by atoms with Crippen LogP contribution < -0.4 is 10.6 Å². The second kappa shape index (κ2) is 4.69. The lowest BCUT2D eigenvalue weighted by molar-refractivity contribution is -0.143. The summed E-state index contributed by atoms with van der Waals surface area (Å²) in [5, 5.41) is 13.9. The lowest BCUT2D eigenvalue weighted by Gasteiger charge is -2.10. The van der Waals surface area contributed by atoms with Gasteiger partial charge in [-0.25, -0.2) is 4.79 Å². The molecule has 1 aliphatic rings. The van der Waals surface area contributed by atoms with Gasteiger partial charge in [0.15, 0.2) is 0 Å². The Morgan fingerprint density at radius 1 is 1.40 bits per heavy atom. The molecule has 0 radical (unpaired) electrons. The average molecular weight is 210 g/mol. The fourth-order valence-electron chi connectivity index (χ4n) is 1.14. The molecule has 0 heterocycles. The molecule has 1 fully saturated rings. The fourth-order valence-corrected chi connectivity index (χ4v) is 1.14. The summed E-state index contributed by atoms with van der Waals surface area (Å²) in [6, 6.07) is -0.370. The molecule has 0 aliphatic heterocycles. The van der Waals surface area contributed by atoms with Gasteiger partial charge in [-0.3, -0.25) is 4.79 Å². The summed E-state index contributed by atoms with van der Waals surface area (Å²) < 4.78 is 0. The van der Waals surface area contributed by atoms with Gasteiger partial charge in [0, 0.05) is 6.54 Å². The molecule has 0 unspecified atom stereocenters. The third-order valence-corrected chi connectivity index (χ3v) is 2.41. The number of aliphatic carboxylic acids is 1. The molecular formula is C10H14N2O3. The molecule has 0 spiro atoms. The molecule has 0 aromatic rings. The molecular weight excluding hydrogens is 196 g/mol. The van der Waals surface area contributed by atoms with Crippen molar-refractivity contribution in [2.45, 2.75) is 19.8 Å². The summed E-state index contributed by atoms with van der Waals surface area (Å²) in [5.41, 5.74) is -0.715. The largest absolute Gasteiger partial charge is 0.481 e. The first-order valence-electron chi connectivity index (χ1n) is 4.75. The first kappa shape index (κ1) is 11.4. The fraction of sp³-hybridized carbons (Fsp3) is 0.600. The van der Waals surface area contributed by atoms with E-state index in [1.807, 2.05) is 0 Å². The Morgan fingerprint density at radius 2 is 2.07 bits per heavy atom. The van der Waals surface area contributed by atoms with E-state index in [0.29, 0.717) is 12.8 Å². The van der Waals surface area contributed by atoms with Gasteiger partial charge in [0.05, 0.1) is 12.0 Å². The van der Waals surface area contributed by atoms with E-state index in [1.54, 1.807) is 6.92 Å². The number of amides is 2. The smallest absolute Gasteiger partial charge is 0.315 e. The van der Waals surface area contributed by atoms with E-state index >= 15 is 0 Å². The van der Waals surface area contributed by atoms with Crippen LogP contribution in [0.4, 0.5) is 4.79 Å². The number of urea groups is 1. The quantitative estimate of drug-likeness (QED) is 0.579. The molecule has 0 saturated heterocycles. The maximum Gasteiger partial charge on any atom is 0.315 e. The molecule has 2 amide bonds. The highest BCUT2D eigenvalue weighted by Crippen LogP contribution is 2.45. The normalized spacial score (nSPS) is 15.8. The third kappa shape index (κ3) is 3.17. The van der Waals surface area contributed by atoms with E-state index in [0.717, 1.165) is 0 Å². The van der Waals surface area contributed by atoms with E-state index in [9.17, 15) is 9.59 Å². The maximum atomic E-state index is 11.1. The van der Waals surface area contributed by atoms with E-state index in [-0.39, 0.29) is 19.1 Å². The van der Waals surface area contributed by atoms with Crippen LogP contribution in [0.15, 0.2) is 0 Å².